The summed E-state index contributed by atoms with van der Waals surface area (Å²) in [5.74, 6) is 0.856. The Kier molecular flexibility index (Phi) is 4.29. The number of carbonyl (C=O) groups excluding carboxylic acids is 1. The lowest BCUT2D eigenvalue weighted by molar-refractivity contribution is 0.0794. The normalized spacial score (nSPS) is 25.0. The summed E-state index contributed by atoms with van der Waals surface area (Å²) in [5, 5.41) is 6.03. The van der Waals surface area contributed by atoms with E-state index in [2.05, 4.69) is 17.6 Å². The Bertz CT molecular complexity index is 500. The fourth-order valence-electron chi connectivity index (χ4n) is 3.03. The molecule has 3 atom stereocenters. The smallest absolute Gasteiger partial charge is 0.315 e. The van der Waals surface area contributed by atoms with E-state index in [0.717, 1.165) is 37.2 Å². The maximum Gasteiger partial charge on any atom is 0.315 e. The first kappa shape index (κ1) is 14.2. The van der Waals surface area contributed by atoms with Crippen molar-refractivity contribution in [2.24, 2.45) is 0 Å². The number of urea groups is 1. The molecule has 2 N–H and O–H groups in total. The quantitative estimate of drug-likeness (QED) is 0.895. The van der Waals surface area contributed by atoms with Gasteiger partial charge in [-0.05, 0) is 25.3 Å². The van der Waals surface area contributed by atoms with Crippen LogP contribution >= 0.6 is 0 Å². The second-order valence-corrected chi connectivity index (χ2v) is 5.59. The van der Waals surface area contributed by atoms with Crippen molar-refractivity contribution in [2.45, 2.75) is 44.4 Å². The zero-order valence-corrected chi connectivity index (χ0v) is 12.3. The lowest BCUT2D eigenvalue weighted by Gasteiger charge is -2.24. The molecule has 5 nitrogen and oxygen atoms in total. The van der Waals surface area contributed by atoms with Crippen molar-refractivity contribution in [3.63, 3.8) is 0 Å². The molecule has 2 aliphatic rings. The van der Waals surface area contributed by atoms with Gasteiger partial charge >= 0.3 is 6.03 Å². The van der Waals surface area contributed by atoms with Gasteiger partial charge in [-0.25, -0.2) is 4.79 Å². The summed E-state index contributed by atoms with van der Waals surface area (Å²) in [4.78, 5) is 12.2. The summed E-state index contributed by atoms with van der Waals surface area (Å²) in [6.45, 7) is 3.36. The fourth-order valence-corrected chi connectivity index (χ4v) is 3.03. The minimum atomic E-state index is -0.150. The first-order chi connectivity index (χ1) is 10.3. The summed E-state index contributed by atoms with van der Waals surface area (Å²) < 4.78 is 11.2. The third kappa shape index (κ3) is 3.13. The summed E-state index contributed by atoms with van der Waals surface area (Å²) in [5.41, 5.74) is 1.04. The van der Waals surface area contributed by atoms with Gasteiger partial charge in [0.1, 0.15) is 12.4 Å². The van der Waals surface area contributed by atoms with Gasteiger partial charge in [0.05, 0.1) is 18.2 Å². The minimum absolute atomic E-state index is 0.0741. The van der Waals surface area contributed by atoms with Crippen LogP contribution in [0.2, 0.25) is 0 Å². The van der Waals surface area contributed by atoms with Gasteiger partial charge in [-0.15, -0.1) is 0 Å². The standard InChI is InChI=1S/C16H22N2O3/c1-2-12(15-8-5-9-20-15)17-16(19)18-13-10-21-14-7-4-3-6-11(13)14/h3-4,6-7,12-13,15H,2,5,8-10H2,1H3,(H2,17,18,19). The molecule has 21 heavy (non-hydrogen) atoms. The lowest BCUT2D eigenvalue weighted by atomic mass is 10.1. The van der Waals surface area contributed by atoms with Crippen LogP contribution < -0.4 is 15.4 Å². The average molecular weight is 290 g/mol. The molecular weight excluding hydrogens is 268 g/mol. The number of hydrogen-bond donors (Lipinski definition) is 2. The Morgan fingerprint density at radius 2 is 2.29 bits per heavy atom. The van der Waals surface area contributed by atoms with E-state index in [0.29, 0.717) is 6.61 Å². The first-order valence-corrected chi connectivity index (χ1v) is 7.68. The van der Waals surface area contributed by atoms with E-state index in [9.17, 15) is 4.79 Å². The Balaban J connectivity index is 1.57. The highest BCUT2D eigenvalue weighted by molar-refractivity contribution is 5.75. The molecular formula is C16H22N2O3. The number of amides is 2. The third-order valence-electron chi connectivity index (χ3n) is 4.18. The molecule has 1 aromatic rings. The SMILES string of the molecule is CCC(NC(=O)NC1COc2ccccc21)C1CCCO1. The van der Waals surface area contributed by atoms with Crippen molar-refractivity contribution >= 4 is 6.03 Å². The predicted octanol–water partition coefficient (Wildman–Crippen LogP) is 2.38. The zero-order chi connectivity index (χ0) is 14.7. The van der Waals surface area contributed by atoms with Crippen LogP contribution in [0.4, 0.5) is 4.79 Å². The van der Waals surface area contributed by atoms with Crippen molar-refractivity contribution in [3.05, 3.63) is 29.8 Å². The second-order valence-electron chi connectivity index (χ2n) is 5.59. The van der Waals surface area contributed by atoms with Gasteiger partial charge in [0.15, 0.2) is 0 Å². The molecule has 3 rings (SSSR count). The van der Waals surface area contributed by atoms with Crippen molar-refractivity contribution < 1.29 is 14.3 Å². The van der Waals surface area contributed by atoms with Crippen LogP contribution in [0.25, 0.3) is 0 Å². The van der Waals surface area contributed by atoms with Gasteiger partial charge in [-0.1, -0.05) is 25.1 Å². The topological polar surface area (TPSA) is 59.6 Å². The number of para-hydroxylation sites is 1. The maximum atomic E-state index is 12.2. The van der Waals surface area contributed by atoms with Crippen LogP contribution in [0.1, 0.15) is 37.8 Å². The second kappa shape index (κ2) is 6.35. The summed E-state index contributed by atoms with van der Waals surface area (Å²) in [7, 11) is 0. The van der Waals surface area contributed by atoms with Crippen LogP contribution in [-0.4, -0.2) is 31.4 Å². The molecule has 2 heterocycles. The van der Waals surface area contributed by atoms with Gasteiger partial charge in [0.2, 0.25) is 0 Å². The zero-order valence-electron chi connectivity index (χ0n) is 12.3. The van der Waals surface area contributed by atoms with E-state index in [1.54, 1.807) is 0 Å². The fraction of sp³-hybridized carbons (Fsp3) is 0.562. The predicted molar refractivity (Wildman–Crippen MR) is 79.4 cm³/mol. The molecule has 0 aromatic heterocycles. The largest absolute Gasteiger partial charge is 0.491 e. The van der Waals surface area contributed by atoms with Crippen LogP contribution in [0.5, 0.6) is 5.75 Å². The van der Waals surface area contributed by atoms with Crippen LogP contribution in [0.3, 0.4) is 0 Å². The maximum absolute atomic E-state index is 12.2. The molecule has 114 valence electrons. The number of fused-ring (bicyclic) bond motifs is 1. The molecule has 1 aromatic carbocycles. The molecule has 5 heteroatoms. The number of carbonyl (C=O) groups is 1. The van der Waals surface area contributed by atoms with E-state index < -0.39 is 0 Å². The Hall–Kier alpha value is -1.75. The monoisotopic (exact) mass is 290 g/mol. The number of nitrogens with one attached hydrogen (secondary N) is 2. The van der Waals surface area contributed by atoms with Gasteiger partial charge in [-0.2, -0.15) is 0 Å². The van der Waals surface area contributed by atoms with Gasteiger partial charge in [-0.3, -0.25) is 0 Å². The highest BCUT2D eigenvalue weighted by Gasteiger charge is 2.29. The van der Waals surface area contributed by atoms with Crippen molar-refractivity contribution in [3.8, 4) is 5.75 Å². The molecule has 0 radical (unpaired) electrons. The molecule has 0 spiro atoms. The lowest BCUT2D eigenvalue weighted by Crippen LogP contribution is -2.48. The highest BCUT2D eigenvalue weighted by atomic mass is 16.5. The molecule has 0 bridgehead atoms. The third-order valence-corrected chi connectivity index (χ3v) is 4.18. The number of benzene rings is 1. The number of hydrogen-bond acceptors (Lipinski definition) is 3. The molecule has 2 amide bonds. The van der Waals surface area contributed by atoms with Crippen LogP contribution in [-0.2, 0) is 4.74 Å². The average Bonchev–Trinajstić information content (AvgIpc) is 3.15. The van der Waals surface area contributed by atoms with E-state index in [1.165, 1.54) is 0 Å². The Labute approximate surface area is 125 Å². The molecule has 0 saturated carbocycles. The van der Waals surface area contributed by atoms with Crippen LogP contribution in [0.15, 0.2) is 24.3 Å². The molecule has 2 aliphatic heterocycles. The van der Waals surface area contributed by atoms with Gasteiger partial charge in [0.25, 0.3) is 0 Å². The Morgan fingerprint density at radius 1 is 1.43 bits per heavy atom. The molecule has 1 saturated heterocycles. The molecule has 0 aliphatic carbocycles. The summed E-state index contributed by atoms with van der Waals surface area (Å²) >= 11 is 0. The first-order valence-electron chi connectivity index (χ1n) is 7.68. The molecule has 1 fully saturated rings. The summed E-state index contributed by atoms with van der Waals surface area (Å²) in [6, 6.07) is 7.66. The van der Waals surface area contributed by atoms with Crippen molar-refractivity contribution in [1.82, 2.24) is 10.6 Å². The van der Waals surface area contributed by atoms with Crippen molar-refractivity contribution in [1.29, 1.82) is 0 Å². The van der Waals surface area contributed by atoms with Crippen LogP contribution in [0, 0.1) is 0 Å². The number of rotatable bonds is 4. The highest BCUT2D eigenvalue weighted by Crippen LogP contribution is 2.31. The van der Waals surface area contributed by atoms with Gasteiger partial charge in [0, 0.05) is 12.2 Å². The molecule has 3 unspecified atom stereocenters. The summed E-state index contributed by atoms with van der Waals surface area (Å²) in [6.07, 6.45) is 3.12. The van der Waals surface area contributed by atoms with E-state index in [1.807, 2.05) is 24.3 Å². The van der Waals surface area contributed by atoms with Crippen molar-refractivity contribution in [2.75, 3.05) is 13.2 Å². The van der Waals surface area contributed by atoms with E-state index in [-0.39, 0.29) is 24.2 Å². The Morgan fingerprint density at radius 3 is 3.05 bits per heavy atom. The van der Waals surface area contributed by atoms with E-state index >= 15 is 0 Å². The van der Waals surface area contributed by atoms with E-state index in [4.69, 9.17) is 9.47 Å². The minimum Gasteiger partial charge on any atom is -0.491 e. The number of ether oxygens (including phenoxy) is 2. The van der Waals surface area contributed by atoms with Gasteiger partial charge < -0.3 is 20.1 Å².